The van der Waals surface area contributed by atoms with E-state index in [9.17, 15) is 14.7 Å². The summed E-state index contributed by atoms with van der Waals surface area (Å²) in [5.74, 6) is -2.02. The molecule has 0 fully saturated rings. The van der Waals surface area contributed by atoms with Crippen LogP contribution in [0.5, 0.6) is 0 Å². The number of carbonyl (C=O) groups excluding carboxylic acids is 2. The van der Waals surface area contributed by atoms with E-state index in [2.05, 4.69) is 0 Å². The lowest BCUT2D eigenvalue weighted by Crippen LogP contribution is -2.65. The fourth-order valence-electron chi connectivity index (χ4n) is 1.15. The van der Waals surface area contributed by atoms with Gasteiger partial charge < -0.3 is 20.3 Å². The van der Waals surface area contributed by atoms with E-state index in [4.69, 9.17) is 15.2 Å². The van der Waals surface area contributed by atoms with E-state index >= 15 is 0 Å². The number of hydrogen-bond donors (Lipinski definition) is 2. The third kappa shape index (κ3) is 5.16. The first-order valence-electron chi connectivity index (χ1n) is 6.14. The Morgan fingerprint density at radius 3 is 1.37 bits per heavy atom. The smallest absolute Gasteiger partial charge is 0.341 e. The second kappa shape index (κ2) is 5.46. The summed E-state index contributed by atoms with van der Waals surface area (Å²) in [5.41, 5.74) is 1.87. The fourth-order valence-corrected chi connectivity index (χ4v) is 1.15. The molecule has 0 saturated heterocycles. The maximum Gasteiger partial charge on any atom is 0.341 e. The van der Waals surface area contributed by atoms with Gasteiger partial charge in [-0.25, -0.2) is 9.59 Å². The van der Waals surface area contributed by atoms with Gasteiger partial charge in [0.1, 0.15) is 11.2 Å². The van der Waals surface area contributed by atoms with E-state index in [0.29, 0.717) is 0 Å². The Kier molecular flexibility index (Phi) is 5.14. The maximum atomic E-state index is 12.0. The number of esters is 2. The van der Waals surface area contributed by atoms with Crippen LogP contribution in [0.2, 0.25) is 0 Å². The first-order valence-corrected chi connectivity index (χ1v) is 6.14. The highest BCUT2D eigenvalue weighted by atomic mass is 16.6. The van der Waals surface area contributed by atoms with Gasteiger partial charge in [-0.3, -0.25) is 0 Å². The van der Waals surface area contributed by atoms with Crippen LogP contribution in [0.25, 0.3) is 0 Å². The molecular formula is C13H25NO5. The molecule has 0 aliphatic heterocycles. The molecule has 1 unspecified atom stereocenters. The van der Waals surface area contributed by atoms with Crippen LogP contribution in [0.3, 0.4) is 0 Å². The van der Waals surface area contributed by atoms with Crippen molar-refractivity contribution in [2.75, 3.05) is 0 Å². The third-order valence-corrected chi connectivity index (χ3v) is 2.13. The van der Waals surface area contributed by atoms with Crippen molar-refractivity contribution in [2.24, 2.45) is 5.73 Å². The van der Waals surface area contributed by atoms with Crippen LogP contribution in [0.15, 0.2) is 0 Å². The second-order valence-electron chi connectivity index (χ2n) is 6.55. The molecule has 0 aromatic rings. The lowest BCUT2D eigenvalue weighted by molar-refractivity contribution is -0.182. The van der Waals surface area contributed by atoms with Crippen molar-refractivity contribution in [3.05, 3.63) is 0 Å². The molecule has 0 bridgehead atoms. The van der Waals surface area contributed by atoms with Gasteiger partial charge in [-0.05, 0) is 48.5 Å². The molecule has 0 aromatic heterocycles. The molecule has 3 N–H and O–H groups in total. The molecule has 0 aromatic carbocycles. The molecule has 0 aliphatic rings. The first-order chi connectivity index (χ1) is 8.20. The van der Waals surface area contributed by atoms with Crippen LogP contribution in [0.1, 0.15) is 48.5 Å². The maximum absolute atomic E-state index is 12.0. The van der Waals surface area contributed by atoms with Gasteiger partial charge in [-0.1, -0.05) is 0 Å². The van der Waals surface area contributed by atoms with Crippen molar-refractivity contribution in [3.8, 4) is 0 Å². The van der Waals surface area contributed by atoms with Gasteiger partial charge in [0.05, 0.1) is 6.10 Å². The Balaban J connectivity index is 5.27. The highest BCUT2D eigenvalue weighted by Crippen LogP contribution is 2.20. The van der Waals surface area contributed by atoms with Crippen molar-refractivity contribution in [1.29, 1.82) is 0 Å². The number of aliphatic hydroxyl groups is 1. The largest absolute Gasteiger partial charge is 0.458 e. The highest BCUT2D eigenvalue weighted by molar-refractivity contribution is 6.05. The standard InChI is InChI=1S/C13H25NO5/c1-8(15)13(14,9(16)18-11(2,3)4)10(17)19-12(5,6)7/h8,15H,14H2,1-7H3. The second-order valence-corrected chi connectivity index (χ2v) is 6.55. The van der Waals surface area contributed by atoms with Crippen LogP contribution in [0.4, 0.5) is 0 Å². The Hall–Kier alpha value is -1.14. The molecule has 0 amide bonds. The van der Waals surface area contributed by atoms with Gasteiger partial charge in [0, 0.05) is 0 Å². The Bertz CT molecular complexity index is 321. The van der Waals surface area contributed by atoms with Crippen LogP contribution in [-0.2, 0) is 19.1 Å². The van der Waals surface area contributed by atoms with E-state index in [1.807, 2.05) is 0 Å². The molecule has 0 saturated carbocycles. The number of rotatable bonds is 3. The molecule has 112 valence electrons. The zero-order valence-electron chi connectivity index (χ0n) is 12.7. The van der Waals surface area contributed by atoms with Crippen LogP contribution < -0.4 is 5.73 Å². The molecule has 6 nitrogen and oxygen atoms in total. The summed E-state index contributed by atoms with van der Waals surface area (Å²) in [5, 5.41) is 9.68. The molecule has 0 heterocycles. The van der Waals surface area contributed by atoms with Crippen molar-refractivity contribution in [2.45, 2.75) is 71.3 Å². The fraction of sp³-hybridized carbons (Fsp3) is 0.846. The first kappa shape index (κ1) is 17.9. The molecule has 6 heteroatoms. The summed E-state index contributed by atoms with van der Waals surface area (Å²) < 4.78 is 10.2. The molecule has 1 atom stereocenters. The van der Waals surface area contributed by atoms with E-state index in [-0.39, 0.29) is 0 Å². The minimum absolute atomic E-state index is 0.821. The average molecular weight is 275 g/mol. The quantitative estimate of drug-likeness (QED) is 0.582. The van der Waals surface area contributed by atoms with Crippen molar-refractivity contribution in [1.82, 2.24) is 0 Å². The number of ether oxygens (including phenoxy) is 2. The van der Waals surface area contributed by atoms with Crippen LogP contribution in [-0.4, -0.2) is 39.9 Å². The lowest BCUT2D eigenvalue weighted by atomic mass is 9.94. The van der Waals surface area contributed by atoms with E-state index in [1.165, 1.54) is 6.92 Å². The molecule has 0 aliphatic carbocycles. The van der Waals surface area contributed by atoms with Crippen LogP contribution >= 0.6 is 0 Å². The van der Waals surface area contributed by atoms with Crippen molar-refractivity contribution in [3.63, 3.8) is 0 Å². The molecule has 0 rings (SSSR count). The van der Waals surface area contributed by atoms with Crippen molar-refractivity contribution < 1.29 is 24.2 Å². The Morgan fingerprint density at radius 1 is 0.947 bits per heavy atom. The van der Waals surface area contributed by atoms with E-state index in [0.717, 1.165) is 0 Å². The topological polar surface area (TPSA) is 98.9 Å². The van der Waals surface area contributed by atoms with Gasteiger partial charge in [0.25, 0.3) is 0 Å². The number of aliphatic hydroxyl groups excluding tert-OH is 1. The van der Waals surface area contributed by atoms with E-state index in [1.54, 1.807) is 41.5 Å². The Labute approximate surface area is 114 Å². The summed E-state index contributed by atoms with van der Waals surface area (Å²) in [4.78, 5) is 24.1. The monoisotopic (exact) mass is 275 g/mol. The average Bonchev–Trinajstić information content (AvgIpc) is 2.09. The minimum Gasteiger partial charge on any atom is -0.458 e. The summed E-state index contributed by atoms with van der Waals surface area (Å²) in [6, 6.07) is 0. The predicted molar refractivity (Wildman–Crippen MR) is 70.3 cm³/mol. The predicted octanol–water partition coefficient (Wildman–Crippen LogP) is 0.748. The molecule has 0 spiro atoms. The highest BCUT2D eigenvalue weighted by Gasteiger charge is 2.52. The Morgan fingerprint density at radius 2 is 1.21 bits per heavy atom. The minimum atomic E-state index is -2.24. The molecular weight excluding hydrogens is 250 g/mol. The number of nitrogens with two attached hydrogens (primary N) is 1. The summed E-state index contributed by atoms with van der Waals surface area (Å²) in [6.45, 7) is 11.1. The van der Waals surface area contributed by atoms with Gasteiger partial charge in [-0.2, -0.15) is 0 Å². The normalized spacial score (nSPS) is 14.8. The van der Waals surface area contributed by atoms with Crippen LogP contribution in [0, 0.1) is 0 Å². The zero-order valence-corrected chi connectivity index (χ0v) is 12.7. The summed E-state index contributed by atoms with van der Waals surface area (Å²) in [6.07, 6.45) is -1.43. The summed E-state index contributed by atoms with van der Waals surface area (Å²) >= 11 is 0. The SMILES string of the molecule is CC(O)C(N)(C(=O)OC(C)(C)C)C(=O)OC(C)(C)C. The summed E-state index contributed by atoms with van der Waals surface area (Å²) in [7, 11) is 0. The van der Waals surface area contributed by atoms with Gasteiger partial charge >= 0.3 is 11.9 Å². The molecule has 0 radical (unpaired) electrons. The lowest BCUT2D eigenvalue weighted by Gasteiger charge is -2.33. The zero-order chi connectivity index (χ0) is 15.6. The molecule has 19 heavy (non-hydrogen) atoms. The van der Waals surface area contributed by atoms with Crippen molar-refractivity contribution >= 4 is 11.9 Å². The third-order valence-electron chi connectivity index (χ3n) is 2.13. The van der Waals surface area contributed by atoms with Gasteiger partial charge in [0.15, 0.2) is 0 Å². The number of hydrogen-bond acceptors (Lipinski definition) is 6. The van der Waals surface area contributed by atoms with Gasteiger partial charge in [0.2, 0.25) is 5.54 Å². The number of carbonyl (C=O) groups is 2. The van der Waals surface area contributed by atoms with E-state index < -0.39 is 34.8 Å². The van der Waals surface area contributed by atoms with Gasteiger partial charge in [-0.15, -0.1) is 0 Å².